The molecule has 23 heavy (non-hydrogen) atoms. The fourth-order valence-electron chi connectivity index (χ4n) is 2.74. The molecule has 3 rings (SSSR count). The van der Waals surface area contributed by atoms with Gasteiger partial charge >= 0.3 is 0 Å². The van der Waals surface area contributed by atoms with Crippen molar-refractivity contribution in [3.63, 3.8) is 0 Å². The molecule has 0 spiro atoms. The molecule has 0 aromatic carbocycles. The topological polar surface area (TPSA) is 54.5 Å². The summed E-state index contributed by atoms with van der Waals surface area (Å²) in [6.07, 6.45) is 4.67. The van der Waals surface area contributed by atoms with Gasteiger partial charge in [0, 0.05) is 6.54 Å². The number of pyridine rings is 1. The van der Waals surface area contributed by atoms with Crippen molar-refractivity contribution in [2.45, 2.75) is 44.8 Å². The minimum Gasteiger partial charge on any atom is -0.492 e. The quantitative estimate of drug-likeness (QED) is 0.875. The van der Waals surface area contributed by atoms with Gasteiger partial charge in [0.1, 0.15) is 17.7 Å². The number of piperidine rings is 1. The lowest BCUT2D eigenvalue weighted by molar-refractivity contribution is -0.121. The van der Waals surface area contributed by atoms with E-state index in [-0.39, 0.29) is 11.9 Å². The number of halogens is 1. The number of carbonyl (C=O) groups excluding carboxylic acids is 1. The summed E-state index contributed by atoms with van der Waals surface area (Å²) in [5, 5.41) is 2.79. The molecule has 2 unspecified atom stereocenters. The predicted octanol–water partition coefficient (Wildman–Crippen LogP) is 2.63. The highest BCUT2D eigenvalue weighted by Gasteiger charge is 2.27. The molecule has 126 valence electrons. The van der Waals surface area contributed by atoms with Gasteiger partial charge in [0.05, 0.1) is 18.8 Å². The molecular formula is C17H24FN3O2. The van der Waals surface area contributed by atoms with Crippen LogP contribution in [0.4, 0.5) is 10.2 Å². The van der Waals surface area contributed by atoms with Gasteiger partial charge in [-0.1, -0.05) is 0 Å². The van der Waals surface area contributed by atoms with Gasteiger partial charge in [0.2, 0.25) is 5.91 Å². The number of nitrogens with zero attached hydrogens (tertiary/aromatic N) is 2. The number of hydrogen-bond acceptors (Lipinski definition) is 4. The van der Waals surface area contributed by atoms with Crippen molar-refractivity contribution in [1.82, 2.24) is 9.88 Å². The monoisotopic (exact) mass is 321 g/mol. The first-order valence-electron chi connectivity index (χ1n) is 8.39. The summed E-state index contributed by atoms with van der Waals surface area (Å²) >= 11 is 0. The first-order chi connectivity index (χ1) is 11.1. The first kappa shape index (κ1) is 16.2. The molecule has 2 fully saturated rings. The molecule has 5 nitrogen and oxygen atoms in total. The second kappa shape index (κ2) is 7.25. The van der Waals surface area contributed by atoms with Gasteiger partial charge in [-0.3, -0.25) is 9.69 Å². The van der Waals surface area contributed by atoms with Crippen LogP contribution in [0.25, 0.3) is 0 Å². The number of carbonyl (C=O) groups is 1. The van der Waals surface area contributed by atoms with E-state index in [0.29, 0.717) is 24.7 Å². The average molecular weight is 321 g/mol. The molecule has 1 N–H and O–H groups in total. The fourth-order valence-corrected chi connectivity index (χ4v) is 2.74. The van der Waals surface area contributed by atoms with Gasteiger partial charge in [0.25, 0.3) is 0 Å². The van der Waals surface area contributed by atoms with Gasteiger partial charge in [-0.25, -0.2) is 9.37 Å². The van der Waals surface area contributed by atoms with Gasteiger partial charge in [0.15, 0.2) is 0 Å². The van der Waals surface area contributed by atoms with Gasteiger partial charge in [-0.2, -0.15) is 0 Å². The predicted molar refractivity (Wildman–Crippen MR) is 86.3 cm³/mol. The minimum absolute atomic E-state index is 0.154. The van der Waals surface area contributed by atoms with Crippen molar-refractivity contribution in [1.29, 1.82) is 0 Å². The zero-order chi connectivity index (χ0) is 16.2. The Morgan fingerprint density at radius 1 is 1.48 bits per heavy atom. The van der Waals surface area contributed by atoms with E-state index in [1.165, 1.54) is 12.8 Å². The van der Waals surface area contributed by atoms with E-state index in [9.17, 15) is 9.18 Å². The van der Waals surface area contributed by atoms with Gasteiger partial charge in [-0.15, -0.1) is 0 Å². The molecule has 1 aromatic heterocycles. The van der Waals surface area contributed by atoms with E-state index in [2.05, 4.69) is 10.3 Å². The molecule has 2 aliphatic rings. The van der Waals surface area contributed by atoms with Crippen LogP contribution in [0.3, 0.4) is 0 Å². The molecule has 2 atom stereocenters. The highest BCUT2D eigenvalue weighted by molar-refractivity contribution is 5.93. The lowest BCUT2D eigenvalue weighted by Crippen LogP contribution is -2.47. The number of anilines is 1. The third-order valence-corrected chi connectivity index (χ3v) is 4.49. The molecule has 2 heterocycles. The first-order valence-corrected chi connectivity index (χ1v) is 8.39. The van der Waals surface area contributed by atoms with E-state index >= 15 is 0 Å². The molecule has 1 saturated heterocycles. The van der Waals surface area contributed by atoms with E-state index in [1.54, 1.807) is 19.2 Å². The SMILES string of the molecule is CC(C(=O)Nc1ccc(OCC2CC2)cn1)N1CCCC(F)C1. The summed E-state index contributed by atoms with van der Waals surface area (Å²) < 4.78 is 19.1. The molecule has 1 aliphatic heterocycles. The highest BCUT2D eigenvalue weighted by Crippen LogP contribution is 2.29. The second-order valence-corrected chi connectivity index (χ2v) is 6.53. The van der Waals surface area contributed by atoms with Crippen molar-refractivity contribution in [2.75, 3.05) is 25.0 Å². The minimum atomic E-state index is -0.833. The number of amides is 1. The Bertz CT molecular complexity index is 533. The molecule has 0 radical (unpaired) electrons. The zero-order valence-electron chi connectivity index (χ0n) is 13.5. The summed E-state index contributed by atoms with van der Waals surface area (Å²) in [4.78, 5) is 18.4. The van der Waals surface area contributed by atoms with Crippen LogP contribution in [-0.4, -0.2) is 47.7 Å². The van der Waals surface area contributed by atoms with Crippen molar-refractivity contribution < 1.29 is 13.9 Å². The number of rotatable bonds is 6. The number of aromatic nitrogens is 1. The highest BCUT2D eigenvalue weighted by atomic mass is 19.1. The fraction of sp³-hybridized carbons (Fsp3) is 0.647. The van der Waals surface area contributed by atoms with Crippen LogP contribution in [-0.2, 0) is 4.79 Å². The van der Waals surface area contributed by atoms with E-state index in [4.69, 9.17) is 4.74 Å². The van der Waals surface area contributed by atoms with Crippen molar-refractivity contribution >= 4 is 11.7 Å². The normalized spacial score (nSPS) is 23.3. The standard InChI is InChI=1S/C17H24FN3O2/c1-12(21-8-2-3-14(18)10-21)17(22)20-16-7-6-15(9-19-16)23-11-13-4-5-13/h6-7,9,12-14H,2-5,8,10-11H2,1H3,(H,19,20,22). The molecule has 6 heteroatoms. The van der Waals surface area contributed by atoms with Gasteiger partial charge in [-0.05, 0) is 57.2 Å². The number of nitrogens with one attached hydrogen (secondary N) is 1. The Kier molecular flexibility index (Phi) is 5.10. The summed E-state index contributed by atoms with van der Waals surface area (Å²) in [6.45, 7) is 3.64. The Morgan fingerprint density at radius 3 is 2.96 bits per heavy atom. The average Bonchev–Trinajstić information content (AvgIpc) is 3.38. The lowest BCUT2D eigenvalue weighted by atomic mass is 10.1. The van der Waals surface area contributed by atoms with Gasteiger partial charge < -0.3 is 10.1 Å². The maximum absolute atomic E-state index is 13.5. The Balaban J connectivity index is 1.49. The van der Waals surface area contributed by atoms with E-state index < -0.39 is 6.17 Å². The summed E-state index contributed by atoms with van der Waals surface area (Å²) in [6, 6.07) is 3.19. The lowest BCUT2D eigenvalue weighted by Gasteiger charge is -2.33. The zero-order valence-corrected chi connectivity index (χ0v) is 13.5. The third-order valence-electron chi connectivity index (χ3n) is 4.49. The Morgan fingerprint density at radius 2 is 2.30 bits per heavy atom. The van der Waals surface area contributed by atoms with Crippen LogP contribution in [0.2, 0.25) is 0 Å². The molecule has 1 amide bonds. The Hall–Kier alpha value is -1.69. The smallest absolute Gasteiger partial charge is 0.242 e. The van der Waals surface area contributed by atoms with E-state index in [1.807, 2.05) is 11.0 Å². The molecule has 1 aromatic rings. The largest absolute Gasteiger partial charge is 0.492 e. The summed E-state index contributed by atoms with van der Waals surface area (Å²) in [5.41, 5.74) is 0. The number of hydrogen-bond donors (Lipinski definition) is 1. The van der Waals surface area contributed by atoms with Crippen molar-refractivity contribution in [3.8, 4) is 5.75 Å². The van der Waals surface area contributed by atoms with Crippen molar-refractivity contribution in [3.05, 3.63) is 18.3 Å². The van der Waals surface area contributed by atoms with Crippen LogP contribution in [0.1, 0.15) is 32.6 Å². The van der Waals surface area contributed by atoms with Crippen LogP contribution >= 0.6 is 0 Å². The third kappa shape index (κ3) is 4.64. The molecule has 0 bridgehead atoms. The van der Waals surface area contributed by atoms with Crippen LogP contribution < -0.4 is 10.1 Å². The molecule has 1 aliphatic carbocycles. The summed E-state index contributed by atoms with van der Waals surface area (Å²) in [5.74, 6) is 1.76. The number of likely N-dealkylation sites (tertiary alicyclic amines) is 1. The maximum Gasteiger partial charge on any atom is 0.242 e. The van der Waals surface area contributed by atoms with Crippen molar-refractivity contribution in [2.24, 2.45) is 5.92 Å². The maximum atomic E-state index is 13.5. The number of ether oxygens (including phenoxy) is 1. The summed E-state index contributed by atoms with van der Waals surface area (Å²) in [7, 11) is 0. The van der Waals surface area contributed by atoms with Crippen LogP contribution in [0, 0.1) is 5.92 Å². The Labute approximate surface area is 136 Å². The van der Waals surface area contributed by atoms with Crippen LogP contribution in [0.5, 0.6) is 5.75 Å². The number of alkyl halides is 1. The van der Waals surface area contributed by atoms with E-state index in [0.717, 1.165) is 25.3 Å². The molecule has 1 saturated carbocycles. The molecular weight excluding hydrogens is 297 g/mol. The second-order valence-electron chi connectivity index (χ2n) is 6.53. The van der Waals surface area contributed by atoms with Crippen LogP contribution in [0.15, 0.2) is 18.3 Å².